The molecule has 0 saturated heterocycles. The molecule has 0 saturated carbocycles. The van der Waals surface area contributed by atoms with Crippen LogP contribution in [0, 0.1) is 6.92 Å². The molecule has 1 aromatic carbocycles. The third kappa shape index (κ3) is 4.64. The number of aryl methyl sites for hydroxylation is 1. The van der Waals surface area contributed by atoms with Gasteiger partial charge in [0, 0.05) is 16.6 Å². The molecule has 2 aromatic heterocycles. The lowest BCUT2D eigenvalue weighted by molar-refractivity contribution is -0.115. The monoisotopic (exact) mass is 353 g/mol. The maximum absolute atomic E-state index is 12.2. The Morgan fingerprint density at radius 2 is 1.96 bits per heavy atom. The Bertz CT molecular complexity index is 859. The maximum Gasteiger partial charge on any atom is 0.231 e. The van der Waals surface area contributed by atoms with Crippen molar-refractivity contribution in [2.45, 2.75) is 20.3 Å². The zero-order valence-corrected chi connectivity index (χ0v) is 15.0. The number of hydrogen-bond donors (Lipinski definition) is 1. The normalized spacial score (nSPS) is 10.5. The van der Waals surface area contributed by atoms with Crippen LogP contribution in [-0.4, -0.2) is 22.5 Å². The average Bonchev–Trinajstić information content (AvgIpc) is 3.04. The summed E-state index contributed by atoms with van der Waals surface area (Å²) in [6, 6.07) is 13.3. The van der Waals surface area contributed by atoms with E-state index in [4.69, 9.17) is 4.74 Å². The molecule has 5 nitrogen and oxygen atoms in total. The minimum absolute atomic E-state index is 0.123. The molecule has 1 N–H and O–H groups in total. The highest BCUT2D eigenvalue weighted by Gasteiger charge is 2.10. The van der Waals surface area contributed by atoms with Gasteiger partial charge in [0.05, 0.1) is 18.7 Å². The Labute approximate surface area is 150 Å². The molecule has 0 bridgehead atoms. The molecule has 1 amide bonds. The number of pyridine rings is 1. The summed E-state index contributed by atoms with van der Waals surface area (Å²) in [5.41, 5.74) is 2.63. The fourth-order valence-corrected chi connectivity index (χ4v) is 3.17. The van der Waals surface area contributed by atoms with Crippen LogP contribution in [0.4, 0.5) is 5.82 Å². The number of nitrogens with zero attached hydrogens (tertiary/aromatic N) is 2. The zero-order valence-electron chi connectivity index (χ0n) is 14.2. The second-order valence-corrected chi connectivity index (χ2v) is 6.35. The van der Waals surface area contributed by atoms with Crippen molar-refractivity contribution in [3.8, 4) is 16.3 Å². The van der Waals surface area contributed by atoms with Crippen molar-refractivity contribution in [2.24, 2.45) is 0 Å². The first-order chi connectivity index (χ1) is 12.1. The number of aromatic nitrogens is 2. The van der Waals surface area contributed by atoms with Crippen LogP contribution in [0.15, 0.2) is 47.8 Å². The number of thiazole rings is 1. The van der Waals surface area contributed by atoms with Gasteiger partial charge in [-0.05, 0) is 50.2 Å². The molecule has 3 rings (SSSR count). The Kier molecular flexibility index (Phi) is 5.40. The highest BCUT2D eigenvalue weighted by molar-refractivity contribution is 7.13. The number of amides is 1. The second kappa shape index (κ2) is 7.90. The van der Waals surface area contributed by atoms with E-state index in [2.05, 4.69) is 15.3 Å². The van der Waals surface area contributed by atoms with Crippen LogP contribution in [0.25, 0.3) is 10.6 Å². The number of nitrogens with one attached hydrogen (secondary N) is 1. The minimum Gasteiger partial charge on any atom is -0.494 e. The van der Waals surface area contributed by atoms with E-state index < -0.39 is 0 Å². The average molecular weight is 353 g/mol. The molecule has 6 heteroatoms. The van der Waals surface area contributed by atoms with Gasteiger partial charge in [0.25, 0.3) is 0 Å². The molecule has 0 aliphatic heterocycles. The van der Waals surface area contributed by atoms with Gasteiger partial charge in [0.2, 0.25) is 5.91 Å². The molecule has 3 aromatic rings. The first-order valence-corrected chi connectivity index (χ1v) is 8.93. The summed E-state index contributed by atoms with van der Waals surface area (Å²) in [5.74, 6) is 1.28. The topological polar surface area (TPSA) is 64.1 Å². The lowest BCUT2D eigenvalue weighted by Gasteiger charge is -2.04. The summed E-state index contributed by atoms with van der Waals surface area (Å²) in [5, 5.41) is 5.60. The first-order valence-electron chi connectivity index (χ1n) is 8.05. The van der Waals surface area contributed by atoms with Crippen molar-refractivity contribution >= 4 is 23.1 Å². The molecule has 2 heterocycles. The molecular weight excluding hydrogens is 334 g/mol. The highest BCUT2D eigenvalue weighted by Crippen LogP contribution is 2.26. The molecule has 0 aliphatic carbocycles. The van der Waals surface area contributed by atoms with E-state index in [-0.39, 0.29) is 12.3 Å². The van der Waals surface area contributed by atoms with Gasteiger partial charge < -0.3 is 10.1 Å². The third-order valence-corrected chi connectivity index (χ3v) is 4.40. The zero-order chi connectivity index (χ0) is 17.6. The number of hydrogen-bond acceptors (Lipinski definition) is 5. The SMILES string of the molecule is CCOc1ccc(-c2nc(CC(=O)Nc3cccc(C)n3)cs2)cc1. The van der Waals surface area contributed by atoms with Gasteiger partial charge in [-0.2, -0.15) is 0 Å². The lowest BCUT2D eigenvalue weighted by Crippen LogP contribution is -2.15. The van der Waals surface area contributed by atoms with E-state index in [1.54, 1.807) is 6.07 Å². The molecule has 0 atom stereocenters. The van der Waals surface area contributed by atoms with Crippen molar-refractivity contribution in [3.63, 3.8) is 0 Å². The van der Waals surface area contributed by atoms with Gasteiger partial charge in [-0.1, -0.05) is 6.07 Å². The summed E-state index contributed by atoms with van der Waals surface area (Å²) in [7, 11) is 0. The summed E-state index contributed by atoms with van der Waals surface area (Å²) < 4.78 is 5.44. The van der Waals surface area contributed by atoms with E-state index >= 15 is 0 Å². The van der Waals surface area contributed by atoms with E-state index in [0.717, 1.165) is 27.7 Å². The van der Waals surface area contributed by atoms with E-state index in [0.29, 0.717) is 12.4 Å². The quantitative estimate of drug-likeness (QED) is 0.725. The molecule has 0 unspecified atom stereocenters. The fourth-order valence-electron chi connectivity index (χ4n) is 2.35. The maximum atomic E-state index is 12.2. The Balaban J connectivity index is 1.64. The van der Waals surface area contributed by atoms with Gasteiger partial charge in [-0.3, -0.25) is 4.79 Å². The van der Waals surface area contributed by atoms with Gasteiger partial charge in [0.15, 0.2) is 0 Å². The van der Waals surface area contributed by atoms with Crippen molar-refractivity contribution in [1.82, 2.24) is 9.97 Å². The van der Waals surface area contributed by atoms with E-state index in [9.17, 15) is 4.79 Å². The van der Waals surface area contributed by atoms with Gasteiger partial charge in [-0.25, -0.2) is 9.97 Å². The van der Waals surface area contributed by atoms with E-state index in [1.807, 2.05) is 55.6 Å². The summed E-state index contributed by atoms with van der Waals surface area (Å²) in [6.45, 7) is 4.49. The van der Waals surface area contributed by atoms with Crippen LogP contribution in [0.2, 0.25) is 0 Å². The molecule has 0 aliphatic rings. The summed E-state index contributed by atoms with van der Waals surface area (Å²) in [4.78, 5) is 21.0. The van der Waals surface area contributed by atoms with Gasteiger partial charge in [-0.15, -0.1) is 11.3 Å². The number of carbonyl (C=O) groups excluding carboxylic acids is 1. The minimum atomic E-state index is -0.123. The van der Waals surface area contributed by atoms with Crippen LogP contribution in [-0.2, 0) is 11.2 Å². The van der Waals surface area contributed by atoms with Crippen molar-refractivity contribution in [2.75, 3.05) is 11.9 Å². The van der Waals surface area contributed by atoms with Crippen molar-refractivity contribution in [1.29, 1.82) is 0 Å². The Hall–Kier alpha value is -2.73. The molecule has 0 spiro atoms. The first kappa shape index (κ1) is 17.1. The van der Waals surface area contributed by atoms with Crippen LogP contribution in [0.1, 0.15) is 18.3 Å². The molecule has 0 fully saturated rings. The van der Waals surface area contributed by atoms with Crippen LogP contribution < -0.4 is 10.1 Å². The highest BCUT2D eigenvalue weighted by atomic mass is 32.1. The lowest BCUT2D eigenvalue weighted by atomic mass is 10.2. The molecule has 25 heavy (non-hydrogen) atoms. The van der Waals surface area contributed by atoms with E-state index in [1.165, 1.54) is 11.3 Å². The number of carbonyl (C=O) groups is 1. The fraction of sp³-hybridized carbons (Fsp3) is 0.211. The van der Waals surface area contributed by atoms with Crippen molar-refractivity contribution < 1.29 is 9.53 Å². The smallest absolute Gasteiger partial charge is 0.231 e. The van der Waals surface area contributed by atoms with Gasteiger partial charge in [0.1, 0.15) is 16.6 Å². The molecule has 0 radical (unpaired) electrons. The van der Waals surface area contributed by atoms with Crippen LogP contribution >= 0.6 is 11.3 Å². The molecule has 128 valence electrons. The number of benzene rings is 1. The van der Waals surface area contributed by atoms with Crippen LogP contribution in [0.5, 0.6) is 5.75 Å². The number of anilines is 1. The van der Waals surface area contributed by atoms with Gasteiger partial charge >= 0.3 is 0 Å². The largest absolute Gasteiger partial charge is 0.494 e. The Morgan fingerprint density at radius 1 is 1.16 bits per heavy atom. The molecular formula is C19H19N3O2S. The number of rotatable bonds is 6. The number of ether oxygens (including phenoxy) is 1. The Morgan fingerprint density at radius 3 is 2.68 bits per heavy atom. The standard InChI is InChI=1S/C19H19N3O2S/c1-3-24-16-9-7-14(8-10-16)19-21-15(12-25-19)11-18(23)22-17-6-4-5-13(2)20-17/h4-10,12H,3,11H2,1-2H3,(H,20,22,23). The summed E-state index contributed by atoms with van der Waals surface area (Å²) in [6.07, 6.45) is 0.225. The van der Waals surface area contributed by atoms with Crippen molar-refractivity contribution in [3.05, 3.63) is 59.2 Å². The third-order valence-electron chi connectivity index (χ3n) is 3.46. The van der Waals surface area contributed by atoms with Crippen LogP contribution in [0.3, 0.4) is 0 Å². The summed E-state index contributed by atoms with van der Waals surface area (Å²) >= 11 is 1.53. The predicted octanol–water partition coefficient (Wildman–Crippen LogP) is 4.09. The second-order valence-electron chi connectivity index (χ2n) is 5.49. The predicted molar refractivity (Wildman–Crippen MR) is 100 cm³/mol.